The molecular formula is C12H20N4O2. The summed E-state index contributed by atoms with van der Waals surface area (Å²) in [4.78, 5) is 14.3. The number of nitrogens with zero attached hydrogens (tertiary/aromatic N) is 3. The van der Waals surface area contributed by atoms with Gasteiger partial charge < -0.3 is 10.6 Å². The molecule has 0 unspecified atom stereocenters. The number of hydrogen-bond donors (Lipinski definition) is 1. The van der Waals surface area contributed by atoms with Gasteiger partial charge in [-0.25, -0.2) is 4.63 Å². The Morgan fingerprint density at radius 2 is 2.11 bits per heavy atom. The number of carbonyl (C=O) groups excluding carboxylic acids is 1. The van der Waals surface area contributed by atoms with Crippen molar-refractivity contribution in [3.8, 4) is 0 Å². The van der Waals surface area contributed by atoms with Gasteiger partial charge >= 0.3 is 0 Å². The van der Waals surface area contributed by atoms with Crippen molar-refractivity contribution in [1.82, 2.24) is 15.2 Å². The maximum Gasteiger partial charge on any atom is 0.280 e. The highest BCUT2D eigenvalue weighted by molar-refractivity contribution is 5.96. The van der Waals surface area contributed by atoms with Gasteiger partial charge in [0.2, 0.25) is 11.5 Å². The van der Waals surface area contributed by atoms with Crippen LogP contribution in [0, 0.1) is 5.92 Å². The molecule has 18 heavy (non-hydrogen) atoms. The number of anilines is 1. The van der Waals surface area contributed by atoms with Crippen LogP contribution in [0.25, 0.3) is 0 Å². The van der Waals surface area contributed by atoms with E-state index in [9.17, 15) is 4.79 Å². The van der Waals surface area contributed by atoms with Crippen LogP contribution in [0.2, 0.25) is 0 Å². The Bertz CT molecular complexity index is 410. The molecule has 0 radical (unpaired) electrons. The minimum absolute atomic E-state index is 0.0757. The highest BCUT2D eigenvalue weighted by Crippen LogP contribution is 2.26. The number of carbonyl (C=O) groups is 1. The Morgan fingerprint density at radius 3 is 2.61 bits per heavy atom. The monoisotopic (exact) mass is 252 g/mol. The first-order valence-corrected chi connectivity index (χ1v) is 6.48. The molecule has 100 valence electrons. The van der Waals surface area contributed by atoms with E-state index in [0.717, 1.165) is 19.4 Å². The van der Waals surface area contributed by atoms with Crippen LogP contribution in [0.5, 0.6) is 0 Å². The Labute approximate surface area is 106 Å². The third-order valence-electron chi connectivity index (χ3n) is 3.30. The number of rotatable bonds is 4. The number of nitrogens with two attached hydrogens (primary N) is 1. The van der Waals surface area contributed by atoms with Crippen molar-refractivity contribution < 1.29 is 9.42 Å². The van der Waals surface area contributed by atoms with E-state index in [1.807, 2.05) is 4.90 Å². The fourth-order valence-electron chi connectivity index (χ4n) is 2.49. The summed E-state index contributed by atoms with van der Waals surface area (Å²) >= 11 is 0. The summed E-state index contributed by atoms with van der Waals surface area (Å²) < 4.78 is 4.51. The van der Waals surface area contributed by atoms with Gasteiger partial charge in [-0.2, -0.15) is 0 Å². The Morgan fingerprint density at radius 1 is 1.44 bits per heavy atom. The van der Waals surface area contributed by atoms with Crippen LogP contribution < -0.4 is 5.73 Å². The molecule has 6 heteroatoms. The summed E-state index contributed by atoms with van der Waals surface area (Å²) in [7, 11) is 0. The van der Waals surface area contributed by atoms with Crippen molar-refractivity contribution in [2.24, 2.45) is 5.92 Å². The van der Waals surface area contributed by atoms with E-state index in [4.69, 9.17) is 5.73 Å². The molecule has 1 fully saturated rings. The molecule has 1 aliphatic carbocycles. The van der Waals surface area contributed by atoms with Crippen molar-refractivity contribution in [3.63, 3.8) is 0 Å². The average molecular weight is 252 g/mol. The van der Waals surface area contributed by atoms with E-state index >= 15 is 0 Å². The number of nitrogen functional groups attached to an aromatic ring is 1. The molecule has 1 amide bonds. The summed E-state index contributed by atoms with van der Waals surface area (Å²) in [6.45, 7) is 4.91. The predicted octanol–water partition coefficient (Wildman–Crippen LogP) is 1.69. The van der Waals surface area contributed by atoms with Gasteiger partial charge in [0.15, 0.2) is 0 Å². The van der Waals surface area contributed by atoms with Crippen LogP contribution in [0.1, 0.15) is 50.0 Å². The second-order valence-electron chi connectivity index (χ2n) is 5.29. The zero-order chi connectivity index (χ0) is 13.1. The quantitative estimate of drug-likeness (QED) is 0.881. The highest BCUT2D eigenvalue weighted by Gasteiger charge is 2.30. The molecule has 0 aliphatic heterocycles. The topological polar surface area (TPSA) is 85.2 Å². The van der Waals surface area contributed by atoms with E-state index < -0.39 is 0 Å². The molecule has 0 aromatic carbocycles. The molecule has 1 aliphatic rings. The molecule has 1 aromatic rings. The van der Waals surface area contributed by atoms with Crippen molar-refractivity contribution >= 4 is 11.7 Å². The Kier molecular flexibility index (Phi) is 3.84. The fourth-order valence-corrected chi connectivity index (χ4v) is 2.49. The van der Waals surface area contributed by atoms with E-state index in [1.54, 1.807) is 0 Å². The number of aromatic nitrogens is 2. The first-order chi connectivity index (χ1) is 8.59. The molecule has 6 nitrogen and oxygen atoms in total. The van der Waals surface area contributed by atoms with Gasteiger partial charge in [-0.05, 0) is 29.1 Å². The zero-order valence-corrected chi connectivity index (χ0v) is 10.9. The summed E-state index contributed by atoms with van der Waals surface area (Å²) in [6, 6.07) is 0.302. The van der Waals surface area contributed by atoms with Gasteiger partial charge in [0.25, 0.3) is 5.91 Å². The van der Waals surface area contributed by atoms with E-state index in [-0.39, 0.29) is 17.4 Å². The molecular weight excluding hydrogens is 232 g/mol. The normalized spacial score (nSPS) is 16.4. The lowest BCUT2D eigenvalue weighted by Gasteiger charge is -2.29. The zero-order valence-electron chi connectivity index (χ0n) is 10.9. The van der Waals surface area contributed by atoms with Gasteiger partial charge in [-0.3, -0.25) is 4.79 Å². The average Bonchev–Trinajstić information content (AvgIpc) is 2.95. The van der Waals surface area contributed by atoms with Crippen LogP contribution >= 0.6 is 0 Å². The summed E-state index contributed by atoms with van der Waals surface area (Å²) in [5, 5.41) is 7.08. The first-order valence-electron chi connectivity index (χ1n) is 6.48. The standard InChI is InChI=1S/C12H20N4O2/c1-8(2)7-16(9-5-3-4-6-9)12(17)10-11(13)15-18-14-10/h8-9H,3-7H2,1-2H3,(H2,13,15). The summed E-state index contributed by atoms with van der Waals surface area (Å²) in [6.07, 6.45) is 4.48. The Hall–Kier alpha value is -1.59. The Balaban J connectivity index is 2.17. The van der Waals surface area contributed by atoms with Crippen LogP contribution in [0.4, 0.5) is 5.82 Å². The van der Waals surface area contributed by atoms with Crippen LogP contribution in [0.3, 0.4) is 0 Å². The van der Waals surface area contributed by atoms with Crippen molar-refractivity contribution in [3.05, 3.63) is 5.69 Å². The van der Waals surface area contributed by atoms with Gasteiger partial charge in [0.1, 0.15) is 0 Å². The molecule has 0 atom stereocenters. The van der Waals surface area contributed by atoms with Crippen molar-refractivity contribution in [1.29, 1.82) is 0 Å². The number of amides is 1. The minimum Gasteiger partial charge on any atom is -0.379 e. The van der Waals surface area contributed by atoms with Gasteiger partial charge in [0.05, 0.1) is 0 Å². The van der Waals surface area contributed by atoms with E-state index in [0.29, 0.717) is 12.0 Å². The van der Waals surface area contributed by atoms with Gasteiger partial charge in [-0.15, -0.1) is 0 Å². The predicted molar refractivity (Wildman–Crippen MR) is 66.8 cm³/mol. The van der Waals surface area contributed by atoms with Crippen molar-refractivity contribution in [2.75, 3.05) is 12.3 Å². The molecule has 0 bridgehead atoms. The number of hydrogen-bond acceptors (Lipinski definition) is 5. The van der Waals surface area contributed by atoms with Crippen LogP contribution in [-0.2, 0) is 0 Å². The maximum atomic E-state index is 12.4. The van der Waals surface area contributed by atoms with Gasteiger partial charge in [0, 0.05) is 12.6 Å². The van der Waals surface area contributed by atoms with Crippen LogP contribution in [0.15, 0.2) is 4.63 Å². The largest absolute Gasteiger partial charge is 0.379 e. The third kappa shape index (κ3) is 2.63. The van der Waals surface area contributed by atoms with E-state index in [1.165, 1.54) is 12.8 Å². The molecule has 1 aromatic heterocycles. The minimum atomic E-state index is -0.158. The lowest BCUT2D eigenvalue weighted by Crippen LogP contribution is -2.41. The van der Waals surface area contributed by atoms with Gasteiger partial charge in [-0.1, -0.05) is 26.7 Å². The molecule has 1 heterocycles. The highest BCUT2D eigenvalue weighted by atomic mass is 16.6. The summed E-state index contributed by atoms with van der Waals surface area (Å²) in [5.74, 6) is 0.330. The van der Waals surface area contributed by atoms with Crippen LogP contribution in [-0.4, -0.2) is 33.7 Å². The fraction of sp³-hybridized carbons (Fsp3) is 0.750. The maximum absolute atomic E-state index is 12.4. The lowest BCUT2D eigenvalue weighted by atomic mass is 10.1. The van der Waals surface area contributed by atoms with E-state index in [2.05, 4.69) is 28.8 Å². The molecule has 1 saturated carbocycles. The summed E-state index contributed by atoms with van der Waals surface area (Å²) in [5.41, 5.74) is 5.74. The SMILES string of the molecule is CC(C)CN(C(=O)c1nonc1N)C1CCCC1. The molecule has 0 spiro atoms. The molecule has 2 rings (SSSR count). The molecule has 2 N–H and O–H groups in total. The van der Waals surface area contributed by atoms with Crippen molar-refractivity contribution in [2.45, 2.75) is 45.6 Å². The molecule has 0 saturated heterocycles. The first kappa shape index (κ1) is 12.9. The smallest absolute Gasteiger partial charge is 0.280 e. The third-order valence-corrected chi connectivity index (χ3v) is 3.30. The second-order valence-corrected chi connectivity index (χ2v) is 5.29. The second kappa shape index (κ2) is 5.37. The lowest BCUT2D eigenvalue weighted by molar-refractivity contribution is 0.0645.